The van der Waals surface area contributed by atoms with E-state index in [1.165, 1.54) is 11.5 Å². The van der Waals surface area contributed by atoms with Crippen molar-refractivity contribution in [1.29, 1.82) is 0 Å². The summed E-state index contributed by atoms with van der Waals surface area (Å²) in [4.78, 5) is 28.9. The first-order chi connectivity index (χ1) is 10.1. The maximum atomic E-state index is 12.8. The third-order valence-electron chi connectivity index (χ3n) is 3.45. The second-order valence-corrected chi connectivity index (χ2v) is 4.94. The number of hydrogen-bond donors (Lipinski definition) is 0. The number of nitrogens with zero attached hydrogens (tertiary/aromatic N) is 2. The van der Waals surface area contributed by atoms with Gasteiger partial charge in [-0.3, -0.25) is 14.2 Å². The number of imidazole rings is 1. The van der Waals surface area contributed by atoms with Crippen LogP contribution < -0.4 is 0 Å². The Morgan fingerprint density at radius 1 is 1.00 bits per heavy atom. The molecule has 0 unspecified atom stereocenters. The average molecular weight is 278 g/mol. The molecule has 4 heteroatoms. The van der Waals surface area contributed by atoms with Gasteiger partial charge in [0.25, 0.3) is 5.91 Å². The Labute approximate surface area is 122 Å². The lowest BCUT2D eigenvalue weighted by atomic mass is 10.1. The predicted molar refractivity (Wildman–Crippen MR) is 80.6 cm³/mol. The van der Waals surface area contributed by atoms with Crippen LogP contribution in [-0.2, 0) is 0 Å². The summed E-state index contributed by atoms with van der Waals surface area (Å²) < 4.78 is 1.40. The smallest absolute Gasteiger partial charge is 0.264 e. The molecule has 0 aliphatic heterocycles. The van der Waals surface area contributed by atoms with Crippen molar-refractivity contribution in [3.8, 4) is 0 Å². The largest absolute Gasteiger partial charge is 0.291 e. The van der Waals surface area contributed by atoms with Crippen LogP contribution in [-0.4, -0.2) is 21.2 Å². The number of fused-ring (bicyclic) bond motifs is 1. The minimum Gasteiger partial charge on any atom is -0.291 e. The third kappa shape index (κ3) is 2.14. The first-order valence-electron chi connectivity index (χ1n) is 6.68. The van der Waals surface area contributed by atoms with Gasteiger partial charge in [0, 0.05) is 12.5 Å². The highest BCUT2D eigenvalue weighted by molar-refractivity contribution is 6.07. The van der Waals surface area contributed by atoms with Crippen LogP contribution in [0.4, 0.5) is 0 Å². The average Bonchev–Trinajstić information content (AvgIpc) is 2.86. The molecule has 0 aliphatic carbocycles. The second-order valence-electron chi connectivity index (χ2n) is 4.94. The van der Waals surface area contributed by atoms with Crippen molar-refractivity contribution in [2.45, 2.75) is 13.8 Å². The number of rotatable bonds is 2. The number of ketones is 1. The summed E-state index contributed by atoms with van der Waals surface area (Å²) in [5, 5.41) is 0. The number of aromatic nitrogens is 2. The van der Waals surface area contributed by atoms with Crippen molar-refractivity contribution in [2.24, 2.45) is 0 Å². The van der Waals surface area contributed by atoms with Crippen molar-refractivity contribution < 1.29 is 9.59 Å². The van der Waals surface area contributed by atoms with Crippen LogP contribution in [0.3, 0.4) is 0 Å². The van der Waals surface area contributed by atoms with Crippen LogP contribution in [0.1, 0.15) is 33.5 Å². The summed E-state index contributed by atoms with van der Waals surface area (Å²) in [6.07, 6.45) is 0. The van der Waals surface area contributed by atoms with E-state index in [1.54, 1.807) is 18.2 Å². The number of aryl methyl sites for hydroxylation is 1. The van der Waals surface area contributed by atoms with Crippen molar-refractivity contribution in [1.82, 2.24) is 9.55 Å². The van der Waals surface area contributed by atoms with Gasteiger partial charge in [0.15, 0.2) is 11.6 Å². The minimum absolute atomic E-state index is 0.171. The Morgan fingerprint density at radius 2 is 1.67 bits per heavy atom. The zero-order chi connectivity index (χ0) is 15.0. The Bertz CT molecular complexity index is 862. The molecule has 0 saturated heterocycles. The number of para-hydroxylation sites is 2. The molecule has 0 amide bonds. The van der Waals surface area contributed by atoms with Crippen LogP contribution in [0.2, 0.25) is 0 Å². The van der Waals surface area contributed by atoms with E-state index in [9.17, 15) is 9.59 Å². The summed E-state index contributed by atoms with van der Waals surface area (Å²) in [5.74, 6) is -0.287. The molecular weight excluding hydrogens is 264 g/mol. The van der Waals surface area contributed by atoms with E-state index in [1.807, 2.05) is 37.3 Å². The van der Waals surface area contributed by atoms with Gasteiger partial charge in [-0.25, -0.2) is 4.98 Å². The first kappa shape index (κ1) is 13.2. The van der Waals surface area contributed by atoms with Gasteiger partial charge in [-0.2, -0.15) is 0 Å². The molecule has 3 aromatic rings. The van der Waals surface area contributed by atoms with Crippen molar-refractivity contribution >= 4 is 22.7 Å². The van der Waals surface area contributed by atoms with Gasteiger partial charge in [0.1, 0.15) is 0 Å². The Kier molecular flexibility index (Phi) is 3.14. The van der Waals surface area contributed by atoms with Crippen molar-refractivity contribution in [3.63, 3.8) is 0 Å². The van der Waals surface area contributed by atoms with Gasteiger partial charge < -0.3 is 0 Å². The van der Waals surface area contributed by atoms with Gasteiger partial charge >= 0.3 is 0 Å². The van der Waals surface area contributed by atoms with Gasteiger partial charge in [0.2, 0.25) is 0 Å². The standard InChI is InChI=1S/C17H14N2O2/c1-11-7-3-4-8-13(11)17(21)19-15-10-6-5-9-14(15)18-16(19)12(2)20/h3-10H,1-2H3. The fourth-order valence-corrected chi connectivity index (χ4v) is 2.40. The van der Waals surface area contributed by atoms with Crippen molar-refractivity contribution in [2.75, 3.05) is 0 Å². The summed E-state index contributed by atoms with van der Waals surface area (Å²) in [6, 6.07) is 14.6. The molecule has 0 atom stereocenters. The first-order valence-corrected chi connectivity index (χ1v) is 6.68. The summed E-state index contributed by atoms with van der Waals surface area (Å²) in [5.41, 5.74) is 2.73. The quantitative estimate of drug-likeness (QED) is 0.676. The van der Waals surface area contributed by atoms with E-state index in [0.29, 0.717) is 16.6 Å². The normalized spacial score (nSPS) is 10.8. The van der Waals surface area contributed by atoms with Crippen LogP contribution in [0.5, 0.6) is 0 Å². The van der Waals surface area contributed by atoms with Gasteiger partial charge in [0.05, 0.1) is 11.0 Å². The maximum Gasteiger partial charge on any atom is 0.264 e. The minimum atomic E-state index is -0.230. The lowest BCUT2D eigenvalue weighted by molar-refractivity contribution is 0.0927. The molecule has 104 valence electrons. The van der Waals surface area contributed by atoms with E-state index < -0.39 is 0 Å². The molecule has 0 bridgehead atoms. The molecule has 21 heavy (non-hydrogen) atoms. The number of hydrogen-bond acceptors (Lipinski definition) is 3. The van der Waals surface area contributed by atoms with Gasteiger partial charge in [-0.05, 0) is 30.7 Å². The summed E-state index contributed by atoms with van der Waals surface area (Å²) >= 11 is 0. The Hall–Kier alpha value is -2.75. The second kappa shape index (κ2) is 4.98. The molecule has 2 aromatic carbocycles. The van der Waals surface area contributed by atoms with E-state index >= 15 is 0 Å². The lowest BCUT2D eigenvalue weighted by Gasteiger charge is -2.08. The van der Waals surface area contributed by atoms with Crippen LogP contribution in [0.25, 0.3) is 11.0 Å². The third-order valence-corrected chi connectivity index (χ3v) is 3.45. The van der Waals surface area contributed by atoms with Gasteiger partial charge in [-0.15, -0.1) is 0 Å². The fraction of sp³-hybridized carbons (Fsp3) is 0.118. The molecule has 0 radical (unpaired) electrons. The Balaban J connectivity index is 2.29. The maximum absolute atomic E-state index is 12.8. The molecule has 1 heterocycles. The topological polar surface area (TPSA) is 52.0 Å². The predicted octanol–water partition coefficient (Wildman–Crippen LogP) is 3.24. The number of carbonyl (C=O) groups is 2. The van der Waals surface area contributed by atoms with Crippen LogP contribution in [0, 0.1) is 6.92 Å². The summed E-state index contributed by atoms with van der Waals surface area (Å²) in [6.45, 7) is 3.29. The van der Waals surface area contributed by atoms with Crippen LogP contribution in [0.15, 0.2) is 48.5 Å². The van der Waals surface area contributed by atoms with Crippen LogP contribution >= 0.6 is 0 Å². The van der Waals surface area contributed by atoms with E-state index in [-0.39, 0.29) is 17.5 Å². The molecule has 3 rings (SSSR count). The molecule has 0 aliphatic rings. The zero-order valence-corrected chi connectivity index (χ0v) is 11.8. The fourth-order valence-electron chi connectivity index (χ4n) is 2.40. The number of benzene rings is 2. The molecule has 0 fully saturated rings. The number of carbonyl (C=O) groups excluding carboxylic acids is 2. The summed E-state index contributed by atoms with van der Waals surface area (Å²) in [7, 11) is 0. The lowest BCUT2D eigenvalue weighted by Crippen LogP contribution is -2.18. The molecule has 0 saturated carbocycles. The molecule has 4 nitrogen and oxygen atoms in total. The Morgan fingerprint density at radius 3 is 2.38 bits per heavy atom. The highest BCUT2D eigenvalue weighted by Gasteiger charge is 2.21. The van der Waals surface area contributed by atoms with Gasteiger partial charge in [-0.1, -0.05) is 30.3 Å². The monoisotopic (exact) mass is 278 g/mol. The number of Topliss-reactive ketones (excluding diaryl/α,β-unsaturated/α-hetero) is 1. The molecule has 1 aromatic heterocycles. The molecule has 0 spiro atoms. The van der Waals surface area contributed by atoms with E-state index in [2.05, 4.69) is 4.98 Å². The molecular formula is C17H14N2O2. The zero-order valence-electron chi connectivity index (χ0n) is 11.8. The van der Waals surface area contributed by atoms with E-state index in [0.717, 1.165) is 5.56 Å². The van der Waals surface area contributed by atoms with E-state index in [4.69, 9.17) is 0 Å². The molecule has 0 N–H and O–H groups in total. The highest BCUT2D eigenvalue weighted by atomic mass is 16.2. The van der Waals surface area contributed by atoms with Crippen molar-refractivity contribution in [3.05, 3.63) is 65.5 Å². The highest BCUT2D eigenvalue weighted by Crippen LogP contribution is 2.19. The SMILES string of the molecule is CC(=O)c1nc2ccccc2n1C(=O)c1ccccc1C.